The summed E-state index contributed by atoms with van der Waals surface area (Å²) in [5.74, 6) is 0.426. The number of anilines is 2. The fourth-order valence-corrected chi connectivity index (χ4v) is 3.06. The summed E-state index contributed by atoms with van der Waals surface area (Å²) >= 11 is 0. The smallest absolute Gasteiger partial charge is 0.258 e. The maximum absolute atomic E-state index is 12.9. The van der Waals surface area contributed by atoms with Crippen LogP contribution in [0.15, 0.2) is 78.9 Å². The van der Waals surface area contributed by atoms with E-state index in [4.69, 9.17) is 4.74 Å². The average Bonchev–Trinajstić information content (AvgIpc) is 2.75. The van der Waals surface area contributed by atoms with Crippen LogP contribution in [-0.2, 0) is 0 Å². The average molecular weight is 402 g/mol. The van der Waals surface area contributed by atoms with Gasteiger partial charge in [0.05, 0.1) is 6.10 Å². The second-order valence-electron chi connectivity index (χ2n) is 7.11. The van der Waals surface area contributed by atoms with Crippen LogP contribution in [0.4, 0.5) is 11.4 Å². The van der Waals surface area contributed by atoms with Gasteiger partial charge in [-0.15, -0.1) is 0 Å². The Labute approximate surface area is 177 Å². The number of carbonyl (C=O) groups is 2. The molecule has 0 heterocycles. The molecule has 0 aliphatic carbocycles. The van der Waals surface area contributed by atoms with E-state index in [9.17, 15) is 9.59 Å². The van der Waals surface area contributed by atoms with Gasteiger partial charge in [0.25, 0.3) is 11.8 Å². The SMILES string of the molecule is CCN(C(=O)c1ccc(NC(=O)c2ccc(OC(C)C)cc2)cc1)c1ccccc1. The van der Waals surface area contributed by atoms with Crippen LogP contribution in [0.3, 0.4) is 0 Å². The third-order valence-electron chi connectivity index (χ3n) is 4.51. The number of hydrogen-bond acceptors (Lipinski definition) is 3. The fraction of sp³-hybridized carbons (Fsp3) is 0.200. The number of nitrogens with one attached hydrogen (secondary N) is 1. The van der Waals surface area contributed by atoms with E-state index in [1.54, 1.807) is 53.4 Å². The normalized spacial score (nSPS) is 10.5. The zero-order valence-electron chi connectivity index (χ0n) is 17.5. The van der Waals surface area contributed by atoms with E-state index in [1.807, 2.05) is 51.1 Å². The van der Waals surface area contributed by atoms with E-state index in [0.717, 1.165) is 11.4 Å². The number of rotatable bonds is 7. The molecule has 0 bridgehead atoms. The quantitative estimate of drug-likeness (QED) is 0.576. The summed E-state index contributed by atoms with van der Waals surface area (Å²) in [6.07, 6.45) is 0.0800. The molecule has 0 radical (unpaired) electrons. The summed E-state index contributed by atoms with van der Waals surface area (Å²) in [6, 6.07) is 23.5. The molecule has 5 heteroatoms. The lowest BCUT2D eigenvalue weighted by Crippen LogP contribution is -2.30. The Kier molecular flexibility index (Phi) is 6.86. The van der Waals surface area contributed by atoms with Crippen molar-refractivity contribution in [2.24, 2.45) is 0 Å². The second kappa shape index (κ2) is 9.74. The molecule has 0 aromatic heterocycles. The van der Waals surface area contributed by atoms with Crippen LogP contribution in [0.1, 0.15) is 41.5 Å². The minimum atomic E-state index is -0.218. The van der Waals surface area contributed by atoms with Gasteiger partial charge in [0, 0.05) is 29.0 Å². The van der Waals surface area contributed by atoms with Crippen LogP contribution in [0, 0.1) is 0 Å². The van der Waals surface area contributed by atoms with Crippen LogP contribution in [0.2, 0.25) is 0 Å². The largest absolute Gasteiger partial charge is 0.491 e. The van der Waals surface area contributed by atoms with Gasteiger partial charge in [-0.25, -0.2) is 0 Å². The molecule has 2 amide bonds. The van der Waals surface area contributed by atoms with Crippen LogP contribution in [-0.4, -0.2) is 24.5 Å². The number of carbonyl (C=O) groups excluding carboxylic acids is 2. The number of benzene rings is 3. The Morgan fingerprint density at radius 3 is 2.03 bits per heavy atom. The Hall–Kier alpha value is -3.60. The van der Waals surface area contributed by atoms with Gasteiger partial charge in [0.15, 0.2) is 0 Å². The van der Waals surface area contributed by atoms with E-state index >= 15 is 0 Å². The van der Waals surface area contributed by atoms with Gasteiger partial charge < -0.3 is 15.0 Å². The van der Waals surface area contributed by atoms with Gasteiger partial charge in [-0.2, -0.15) is 0 Å². The van der Waals surface area contributed by atoms with E-state index < -0.39 is 0 Å². The fourth-order valence-electron chi connectivity index (χ4n) is 3.06. The molecule has 0 aliphatic heterocycles. The molecular weight excluding hydrogens is 376 g/mol. The van der Waals surface area contributed by atoms with Crippen LogP contribution >= 0.6 is 0 Å². The van der Waals surface area contributed by atoms with Crippen molar-refractivity contribution in [1.29, 1.82) is 0 Å². The molecule has 3 rings (SSSR count). The third kappa shape index (κ3) is 5.26. The van der Waals surface area contributed by atoms with Crippen molar-refractivity contribution in [3.8, 4) is 5.75 Å². The Morgan fingerprint density at radius 1 is 0.867 bits per heavy atom. The summed E-state index contributed by atoms with van der Waals surface area (Å²) in [7, 11) is 0. The Morgan fingerprint density at radius 2 is 1.47 bits per heavy atom. The Bertz CT molecular complexity index is 981. The summed E-state index contributed by atoms with van der Waals surface area (Å²) in [4.78, 5) is 27.1. The number of hydrogen-bond donors (Lipinski definition) is 1. The molecule has 0 saturated heterocycles. The predicted octanol–water partition coefficient (Wildman–Crippen LogP) is 5.39. The van der Waals surface area contributed by atoms with Gasteiger partial charge in [-0.3, -0.25) is 9.59 Å². The standard InChI is InChI=1S/C25H26N2O3/c1-4-27(22-8-6-5-7-9-22)25(29)20-10-14-21(15-11-20)26-24(28)19-12-16-23(17-13-19)30-18(2)3/h5-18H,4H2,1-3H3,(H,26,28). The van der Waals surface area contributed by atoms with Crippen molar-refractivity contribution in [1.82, 2.24) is 0 Å². The van der Waals surface area contributed by atoms with E-state index in [0.29, 0.717) is 23.4 Å². The maximum atomic E-state index is 12.9. The summed E-state index contributed by atoms with van der Waals surface area (Å²) in [5.41, 5.74) is 2.58. The van der Waals surface area contributed by atoms with Gasteiger partial charge >= 0.3 is 0 Å². The maximum Gasteiger partial charge on any atom is 0.258 e. The predicted molar refractivity (Wildman–Crippen MR) is 120 cm³/mol. The lowest BCUT2D eigenvalue weighted by molar-refractivity contribution is 0.0987. The first kappa shape index (κ1) is 21.1. The highest BCUT2D eigenvalue weighted by molar-refractivity contribution is 6.07. The minimum Gasteiger partial charge on any atom is -0.491 e. The molecule has 0 unspecified atom stereocenters. The first-order valence-corrected chi connectivity index (χ1v) is 10.0. The van der Waals surface area contributed by atoms with E-state index in [2.05, 4.69) is 5.32 Å². The lowest BCUT2D eigenvalue weighted by Gasteiger charge is -2.21. The van der Waals surface area contributed by atoms with Gasteiger partial charge in [0.1, 0.15) is 5.75 Å². The number of amides is 2. The van der Waals surface area contributed by atoms with Crippen LogP contribution in [0.5, 0.6) is 5.75 Å². The molecule has 3 aromatic rings. The van der Waals surface area contributed by atoms with Crippen molar-refractivity contribution >= 4 is 23.2 Å². The molecule has 0 fully saturated rings. The number of nitrogens with zero attached hydrogens (tertiary/aromatic N) is 1. The van der Waals surface area contributed by atoms with Crippen molar-refractivity contribution in [3.63, 3.8) is 0 Å². The lowest BCUT2D eigenvalue weighted by atomic mass is 10.1. The highest BCUT2D eigenvalue weighted by atomic mass is 16.5. The molecule has 30 heavy (non-hydrogen) atoms. The zero-order valence-corrected chi connectivity index (χ0v) is 17.5. The van der Waals surface area contributed by atoms with Crippen LogP contribution < -0.4 is 15.0 Å². The molecule has 0 atom stereocenters. The highest BCUT2D eigenvalue weighted by Gasteiger charge is 2.16. The third-order valence-corrected chi connectivity index (χ3v) is 4.51. The van der Waals surface area contributed by atoms with Crippen molar-refractivity contribution in [2.75, 3.05) is 16.8 Å². The van der Waals surface area contributed by atoms with Gasteiger partial charge in [-0.05, 0) is 81.4 Å². The molecule has 5 nitrogen and oxygen atoms in total. The molecule has 0 aliphatic rings. The molecule has 3 aromatic carbocycles. The highest BCUT2D eigenvalue weighted by Crippen LogP contribution is 2.19. The second-order valence-corrected chi connectivity index (χ2v) is 7.11. The zero-order chi connectivity index (χ0) is 21.5. The monoisotopic (exact) mass is 402 g/mol. The van der Waals surface area contributed by atoms with E-state index in [-0.39, 0.29) is 17.9 Å². The topological polar surface area (TPSA) is 58.6 Å². The molecule has 0 saturated carbocycles. The Balaban J connectivity index is 1.66. The van der Waals surface area contributed by atoms with Crippen molar-refractivity contribution < 1.29 is 14.3 Å². The summed E-state index contributed by atoms with van der Waals surface area (Å²) in [5, 5.41) is 2.85. The summed E-state index contributed by atoms with van der Waals surface area (Å²) < 4.78 is 5.60. The molecular formula is C25H26N2O3. The van der Waals surface area contributed by atoms with Crippen molar-refractivity contribution in [2.45, 2.75) is 26.9 Å². The van der Waals surface area contributed by atoms with Crippen molar-refractivity contribution in [3.05, 3.63) is 90.0 Å². The number of para-hydroxylation sites is 1. The molecule has 0 spiro atoms. The molecule has 154 valence electrons. The van der Waals surface area contributed by atoms with Gasteiger partial charge in [0.2, 0.25) is 0 Å². The first-order valence-electron chi connectivity index (χ1n) is 10.0. The number of ether oxygens (including phenoxy) is 1. The summed E-state index contributed by atoms with van der Waals surface area (Å²) in [6.45, 7) is 6.41. The minimum absolute atomic E-state index is 0.0800. The van der Waals surface area contributed by atoms with Crippen LogP contribution in [0.25, 0.3) is 0 Å². The van der Waals surface area contributed by atoms with Gasteiger partial charge in [-0.1, -0.05) is 18.2 Å². The first-order chi connectivity index (χ1) is 14.5. The molecule has 1 N–H and O–H groups in total. The van der Waals surface area contributed by atoms with E-state index in [1.165, 1.54) is 0 Å².